The number of carbonyl (C=O) groups is 3. The third-order valence-electron chi connectivity index (χ3n) is 3.93. The Hall–Kier alpha value is -2.29. The molecule has 8 nitrogen and oxygen atoms in total. The minimum Gasteiger partial charge on any atom is -0.459 e. The highest BCUT2D eigenvalue weighted by atomic mass is 16.7. The van der Waals surface area contributed by atoms with Gasteiger partial charge in [-0.2, -0.15) is 0 Å². The fourth-order valence-electron chi connectivity index (χ4n) is 2.84. The van der Waals surface area contributed by atoms with Crippen molar-refractivity contribution < 1.29 is 38.4 Å². The number of hydrogen-bond acceptors (Lipinski definition) is 8. The zero-order valence-corrected chi connectivity index (χ0v) is 14.8. The van der Waals surface area contributed by atoms with Crippen LogP contribution in [0.25, 0.3) is 0 Å². The molecule has 1 heterocycles. The molecule has 0 radical (unpaired) electrons. The van der Waals surface area contributed by atoms with E-state index in [1.54, 1.807) is 30.3 Å². The molecule has 142 valence electrons. The standard InChI is InChI=1S/C18H22O8/c1-10(19)24-14(9-13(21)12-7-5-4-6-8-12)16-15(22)17(25-11(2)20)18(23-3)26-16/h4-8,14-18,22H,9H2,1-3H3/t14-,15-,16-,17-,18-/m1/s1. The summed E-state index contributed by atoms with van der Waals surface area (Å²) in [4.78, 5) is 35.2. The van der Waals surface area contributed by atoms with Crippen molar-refractivity contribution in [1.82, 2.24) is 0 Å². The van der Waals surface area contributed by atoms with Gasteiger partial charge in [-0.25, -0.2) is 0 Å². The minimum absolute atomic E-state index is 0.200. The van der Waals surface area contributed by atoms with Crippen molar-refractivity contribution in [3.63, 3.8) is 0 Å². The van der Waals surface area contributed by atoms with Crippen LogP contribution >= 0.6 is 0 Å². The Morgan fingerprint density at radius 1 is 1.15 bits per heavy atom. The van der Waals surface area contributed by atoms with Gasteiger partial charge in [-0.05, 0) is 0 Å². The van der Waals surface area contributed by atoms with E-state index in [1.165, 1.54) is 21.0 Å². The lowest BCUT2D eigenvalue weighted by Crippen LogP contribution is -2.43. The van der Waals surface area contributed by atoms with Crippen molar-refractivity contribution in [2.24, 2.45) is 0 Å². The SMILES string of the molecule is CO[C@@H]1O[C@H]([C@@H](CC(=O)c2ccccc2)OC(C)=O)[C@@H](O)[C@H]1OC(C)=O. The second-order valence-electron chi connectivity index (χ2n) is 5.91. The summed E-state index contributed by atoms with van der Waals surface area (Å²) < 4.78 is 20.9. The third-order valence-corrected chi connectivity index (χ3v) is 3.93. The molecule has 1 aromatic carbocycles. The van der Waals surface area contributed by atoms with Crippen LogP contribution in [0.4, 0.5) is 0 Å². The minimum atomic E-state index is -1.32. The van der Waals surface area contributed by atoms with Crippen LogP contribution in [0.15, 0.2) is 30.3 Å². The first-order valence-corrected chi connectivity index (χ1v) is 8.12. The number of benzene rings is 1. The number of esters is 2. The Balaban J connectivity index is 2.19. The molecule has 0 spiro atoms. The normalized spacial score (nSPS) is 26.2. The molecule has 2 rings (SSSR count). The van der Waals surface area contributed by atoms with E-state index < -0.39 is 42.6 Å². The van der Waals surface area contributed by atoms with E-state index in [0.29, 0.717) is 5.56 Å². The van der Waals surface area contributed by atoms with Crippen LogP contribution in [0, 0.1) is 0 Å². The molecular formula is C18H22O8. The molecule has 8 heteroatoms. The van der Waals surface area contributed by atoms with E-state index in [-0.39, 0.29) is 12.2 Å². The molecule has 1 aromatic rings. The van der Waals surface area contributed by atoms with E-state index in [1.807, 2.05) is 0 Å². The molecule has 0 aliphatic carbocycles. The fourth-order valence-corrected chi connectivity index (χ4v) is 2.84. The van der Waals surface area contributed by atoms with E-state index in [9.17, 15) is 19.5 Å². The number of aliphatic hydroxyl groups is 1. The number of rotatable bonds is 7. The molecule has 1 N–H and O–H groups in total. The number of methoxy groups -OCH3 is 1. The van der Waals surface area contributed by atoms with Crippen LogP contribution in [0.2, 0.25) is 0 Å². The smallest absolute Gasteiger partial charge is 0.303 e. The van der Waals surface area contributed by atoms with E-state index in [4.69, 9.17) is 18.9 Å². The van der Waals surface area contributed by atoms with Crippen LogP contribution in [-0.4, -0.2) is 60.6 Å². The number of ether oxygens (including phenoxy) is 4. The quantitative estimate of drug-likeness (QED) is 0.559. The van der Waals surface area contributed by atoms with Crippen LogP contribution in [0.3, 0.4) is 0 Å². The van der Waals surface area contributed by atoms with Crippen LogP contribution in [-0.2, 0) is 28.5 Å². The highest BCUT2D eigenvalue weighted by Crippen LogP contribution is 2.30. The Kier molecular flexibility index (Phi) is 6.84. The molecule has 0 unspecified atom stereocenters. The van der Waals surface area contributed by atoms with Crippen molar-refractivity contribution in [2.45, 2.75) is 51.0 Å². The predicted molar refractivity (Wildman–Crippen MR) is 88.2 cm³/mol. The van der Waals surface area contributed by atoms with Gasteiger partial charge in [0.25, 0.3) is 0 Å². The Morgan fingerprint density at radius 2 is 1.81 bits per heavy atom. The number of aliphatic hydroxyl groups excluding tert-OH is 1. The van der Waals surface area contributed by atoms with Crippen molar-refractivity contribution in [3.05, 3.63) is 35.9 Å². The largest absolute Gasteiger partial charge is 0.459 e. The predicted octanol–water partition coefficient (Wildman–Crippen LogP) is 0.855. The van der Waals surface area contributed by atoms with Gasteiger partial charge in [-0.1, -0.05) is 30.3 Å². The monoisotopic (exact) mass is 366 g/mol. The summed E-state index contributed by atoms with van der Waals surface area (Å²) >= 11 is 0. The average molecular weight is 366 g/mol. The fraction of sp³-hybridized carbons (Fsp3) is 0.500. The first kappa shape index (κ1) is 20.0. The second kappa shape index (κ2) is 8.88. The zero-order chi connectivity index (χ0) is 19.3. The number of Topliss-reactive ketones (excluding diaryl/α,β-unsaturated/α-hetero) is 1. The zero-order valence-electron chi connectivity index (χ0n) is 14.8. The van der Waals surface area contributed by atoms with E-state index >= 15 is 0 Å². The van der Waals surface area contributed by atoms with E-state index in [2.05, 4.69) is 0 Å². The summed E-state index contributed by atoms with van der Waals surface area (Å²) in [6.45, 7) is 2.38. The number of ketones is 1. The van der Waals surface area contributed by atoms with E-state index in [0.717, 1.165) is 0 Å². The first-order valence-electron chi connectivity index (χ1n) is 8.12. The van der Waals surface area contributed by atoms with Crippen molar-refractivity contribution >= 4 is 17.7 Å². The molecular weight excluding hydrogens is 344 g/mol. The van der Waals surface area contributed by atoms with Crippen molar-refractivity contribution in [1.29, 1.82) is 0 Å². The number of carbonyl (C=O) groups excluding carboxylic acids is 3. The molecule has 1 aliphatic rings. The molecule has 26 heavy (non-hydrogen) atoms. The van der Waals surface area contributed by atoms with Gasteiger partial charge in [-0.15, -0.1) is 0 Å². The highest BCUT2D eigenvalue weighted by Gasteiger charge is 2.50. The second-order valence-corrected chi connectivity index (χ2v) is 5.91. The molecule has 5 atom stereocenters. The Bertz CT molecular complexity index is 644. The summed E-state index contributed by atoms with van der Waals surface area (Å²) in [5, 5.41) is 10.5. The van der Waals surface area contributed by atoms with Crippen LogP contribution in [0.1, 0.15) is 30.6 Å². The van der Waals surface area contributed by atoms with Crippen LogP contribution < -0.4 is 0 Å². The molecule has 1 saturated heterocycles. The van der Waals surface area contributed by atoms with Gasteiger partial charge in [0.05, 0.1) is 6.42 Å². The maximum Gasteiger partial charge on any atom is 0.303 e. The first-order chi connectivity index (χ1) is 12.3. The van der Waals surface area contributed by atoms with Crippen molar-refractivity contribution in [2.75, 3.05) is 7.11 Å². The van der Waals surface area contributed by atoms with Crippen LogP contribution in [0.5, 0.6) is 0 Å². The third kappa shape index (κ3) is 4.87. The average Bonchev–Trinajstić information content (AvgIpc) is 2.90. The summed E-state index contributed by atoms with van der Waals surface area (Å²) in [7, 11) is 1.33. The Morgan fingerprint density at radius 3 is 2.35 bits per heavy atom. The lowest BCUT2D eigenvalue weighted by atomic mass is 9.98. The summed E-state index contributed by atoms with van der Waals surface area (Å²) in [5.41, 5.74) is 0.442. The van der Waals surface area contributed by atoms with Gasteiger partial charge in [0, 0.05) is 26.5 Å². The summed E-state index contributed by atoms with van der Waals surface area (Å²) in [6, 6.07) is 8.48. The molecule has 0 bridgehead atoms. The molecule has 1 aliphatic heterocycles. The maximum absolute atomic E-state index is 12.5. The lowest BCUT2D eigenvalue weighted by molar-refractivity contribution is -0.186. The van der Waals surface area contributed by atoms with Crippen molar-refractivity contribution in [3.8, 4) is 0 Å². The molecule has 0 aromatic heterocycles. The number of hydrogen-bond donors (Lipinski definition) is 1. The van der Waals surface area contributed by atoms with Gasteiger partial charge in [0.2, 0.25) is 0 Å². The topological polar surface area (TPSA) is 108 Å². The lowest BCUT2D eigenvalue weighted by Gasteiger charge is -2.25. The Labute approximate surface area is 151 Å². The summed E-state index contributed by atoms with van der Waals surface area (Å²) in [5.74, 6) is -1.53. The molecule has 0 amide bonds. The van der Waals surface area contributed by atoms with Gasteiger partial charge in [-0.3, -0.25) is 14.4 Å². The maximum atomic E-state index is 12.5. The summed E-state index contributed by atoms with van der Waals surface area (Å²) in [6.07, 6.45) is -5.80. The van der Waals surface area contributed by atoms with Gasteiger partial charge in [0.15, 0.2) is 18.2 Å². The molecule has 0 saturated carbocycles. The van der Waals surface area contributed by atoms with Gasteiger partial charge in [0.1, 0.15) is 18.3 Å². The van der Waals surface area contributed by atoms with Gasteiger partial charge < -0.3 is 24.1 Å². The van der Waals surface area contributed by atoms with Gasteiger partial charge >= 0.3 is 11.9 Å². The molecule has 1 fully saturated rings. The highest BCUT2D eigenvalue weighted by molar-refractivity contribution is 5.96.